The van der Waals surface area contributed by atoms with Gasteiger partial charge in [0.15, 0.2) is 0 Å². The zero-order valence-electron chi connectivity index (χ0n) is 14.2. The van der Waals surface area contributed by atoms with E-state index in [0.29, 0.717) is 0 Å². The van der Waals surface area contributed by atoms with Gasteiger partial charge in [0.05, 0.1) is 23.5 Å². The zero-order chi connectivity index (χ0) is 17.5. The number of para-hydroxylation sites is 2. The van der Waals surface area contributed by atoms with E-state index in [0.717, 1.165) is 49.8 Å². The van der Waals surface area contributed by atoms with E-state index in [9.17, 15) is 0 Å². The minimum absolute atomic E-state index is 0.721. The molecule has 26 heavy (non-hydrogen) atoms. The Morgan fingerprint density at radius 1 is 0.885 bits per heavy atom. The predicted molar refractivity (Wildman–Crippen MR) is 104 cm³/mol. The summed E-state index contributed by atoms with van der Waals surface area (Å²) in [6, 6.07) is 23.9. The van der Waals surface area contributed by atoms with Crippen LogP contribution in [0.5, 0.6) is 5.75 Å². The van der Waals surface area contributed by atoms with Crippen LogP contribution in [0, 0.1) is 0 Å². The number of hydrogen-bond acceptors (Lipinski definition) is 3. The van der Waals surface area contributed by atoms with Gasteiger partial charge in [-0.25, -0.2) is 4.99 Å². The predicted octanol–water partition coefficient (Wildman–Crippen LogP) is 5.31. The first-order valence-corrected chi connectivity index (χ1v) is 8.44. The highest BCUT2D eigenvalue weighted by Gasteiger charge is 2.13. The number of nitrogens with one attached hydrogen (secondary N) is 1. The topological polar surface area (TPSA) is 50.5 Å². The normalized spacial score (nSPS) is 12.3. The van der Waals surface area contributed by atoms with Crippen LogP contribution >= 0.6 is 0 Å². The third kappa shape index (κ3) is 2.27. The molecule has 4 nitrogen and oxygen atoms in total. The SMILES string of the molecule is COc1ccc2oc3[nH]c4ccccc4c3c(=Nc3ccccc3)c2c1. The molecular weight excluding hydrogens is 324 g/mol. The van der Waals surface area contributed by atoms with Crippen LogP contribution in [0.1, 0.15) is 0 Å². The lowest BCUT2D eigenvalue weighted by atomic mass is 10.1. The molecule has 3 aromatic carbocycles. The number of rotatable bonds is 2. The standard InChI is InChI=1S/C22H16N2O2/c1-25-15-11-12-19-17(13-15)21(23-14-7-3-2-4-8-14)20-16-9-5-6-10-18(16)24-22(20)26-19/h2-13,24H,1H3. The van der Waals surface area contributed by atoms with Gasteiger partial charge in [0.25, 0.3) is 0 Å². The number of H-pyrrole nitrogens is 1. The summed E-state index contributed by atoms with van der Waals surface area (Å²) in [6.07, 6.45) is 0. The van der Waals surface area contributed by atoms with Crippen molar-refractivity contribution in [2.75, 3.05) is 7.11 Å². The largest absolute Gasteiger partial charge is 0.497 e. The molecule has 0 fully saturated rings. The van der Waals surface area contributed by atoms with Crippen molar-refractivity contribution in [2.45, 2.75) is 0 Å². The van der Waals surface area contributed by atoms with Gasteiger partial charge in [-0.2, -0.15) is 0 Å². The molecule has 0 aliphatic rings. The molecule has 0 amide bonds. The van der Waals surface area contributed by atoms with Gasteiger partial charge in [-0.1, -0.05) is 36.4 Å². The van der Waals surface area contributed by atoms with Gasteiger partial charge in [-0.05, 0) is 36.4 Å². The summed E-state index contributed by atoms with van der Waals surface area (Å²) < 4.78 is 11.6. The van der Waals surface area contributed by atoms with E-state index in [4.69, 9.17) is 14.1 Å². The maximum Gasteiger partial charge on any atom is 0.208 e. The third-order valence-corrected chi connectivity index (χ3v) is 4.56. The minimum Gasteiger partial charge on any atom is -0.497 e. The molecule has 4 heteroatoms. The Morgan fingerprint density at radius 2 is 1.69 bits per heavy atom. The van der Waals surface area contributed by atoms with Gasteiger partial charge in [0.2, 0.25) is 5.71 Å². The second-order valence-corrected chi connectivity index (χ2v) is 6.13. The van der Waals surface area contributed by atoms with Gasteiger partial charge >= 0.3 is 0 Å². The summed E-state index contributed by atoms with van der Waals surface area (Å²) in [6.45, 7) is 0. The molecule has 0 saturated carbocycles. The van der Waals surface area contributed by atoms with Crippen LogP contribution in [0.25, 0.3) is 33.0 Å². The van der Waals surface area contributed by atoms with E-state index in [1.165, 1.54) is 0 Å². The maximum atomic E-state index is 6.14. The molecule has 0 radical (unpaired) electrons. The Balaban J connectivity index is 2.03. The van der Waals surface area contributed by atoms with Crippen LogP contribution in [0.2, 0.25) is 0 Å². The fourth-order valence-corrected chi connectivity index (χ4v) is 3.33. The summed E-state index contributed by atoms with van der Waals surface area (Å²) in [7, 11) is 1.66. The molecule has 2 aromatic heterocycles. The van der Waals surface area contributed by atoms with Crippen molar-refractivity contribution < 1.29 is 9.15 Å². The van der Waals surface area contributed by atoms with Crippen molar-refractivity contribution in [3.8, 4) is 5.75 Å². The van der Waals surface area contributed by atoms with Crippen molar-refractivity contribution in [3.05, 3.63) is 78.2 Å². The second kappa shape index (κ2) is 5.77. The van der Waals surface area contributed by atoms with Crippen molar-refractivity contribution in [1.29, 1.82) is 0 Å². The number of fused-ring (bicyclic) bond motifs is 4. The summed E-state index contributed by atoms with van der Waals surface area (Å²) in [5.74, 6) is 0.774. The van der Waals surface area contributed by atoms with E-state index in [1.807, 2.05) is 66.7 Å². The van der Waals surface area contributed by atoms with Gasteiger partial charge in [-0.15, -0.1) is 0 Å². The number of benzene rings is 3. The molecule has 0 aliphatic heterocycles. The van der Waals surface area contributed by atoms with Crippen molar-refractivity contribution >= 4 is 38.7 Å². The summed E-state index contributed by atoms with van der Waals surface area (Å²) in [5, 5.41) is 3.87. The van der Waals surface area contributed by atoms with E-state index in [-0.39, 0.29) is 0 Å². The first-order chi connectivity index (χ1) is 12.8. The first kappa shape index (κ1) is 14.8. The average molecular weight is 340 g/mol. The summed E-state index contributed by atoms with van der Waals surface area (Å²) >= 11 is 0. The molecule has 1 N–H and O–H groups in total. The molecule has 126 valence electrons. The number of aromatic nitrogens is 1. The number of methoxy groups -OCH3 is 1. The molecule has 0 aliphatic carbocycles. The van der Waals surface area contributed by atoms with Gasteiger partial charge in [-0.3, -0.25) is 0 Å². The molecular formula is C22H16N2O2. The monoisotopic (exact) mass is 340 g/mol. The molecule has 0 spiro atoms. The summed E-state index contributed by atoms with van der Waals surface area (Å²) in [5.41, 5.74) is 3.41. The Bertz CT molecular complexity index is 1310. The number of ether oxygens (including phenoxy) is 1. The lowest BCUT2D eigenvalue weighted by molar-refractivity contribution is 0.415. The van der Waals surface area contributed by atoms with Crippen LogP contribution in [0.15, 0.2) is 82.2 Å². The molecule has 0 atom stereocenters. The second-order valence-electron chi connectivity index (χ2n) is 6.13. The van der Waals surface area contributed by atoms with Gasteiger partial charge < -0.3 is 14.1 Å². The molecule has 0 unspecified atom stereocenters. The van der Waals surface area contributed by atoms with E-state index in [2.05, 4.69) is 11.1 Å². The number of nitrogens with zero attached hydrogens (tertiary/aromatic N) is 1. The van der Waals surface area contributed by atoms with Crippen molar-refractivity contribution in [1.82, 2.24) is 4.98 Å². The van der Waals surface area contributed by atoms with Crippen LogP contribution in [-0.4, -0.2) is 12.1 Å². The van der Waals surface area contributed by atoms with Crippen LogP contribution in [-0.2, 0) is 0 Å². The highest BCUT2D eigenvalue weighted by Crippen LogP contribution is 2.28. The molecule has 0 bridgehead atoms. The Hall–Kier alpha value is -3.53. The van der Waals surface area contributed by atoms with Crippen molar-refractivity contribution in [3.63, 3.8) is 0 Å². The molecule has 5 aromatic rings. The van der Waals surface area contributed by atoms with Crippen molar-refractivity contribution in [2.24, 2.45) is 4.99 Å². The lowest BCUT2D eigenvalue weighted by Gasteiger charge is -2.04. The van der Waals surface area contributed by atoms with E-state index in [1.54, 1.807) is 7.11 Å². The Morgan fingerprint density at radius 3 is 2.54 bits per heavy atom. The van der Waals surface area contributed by atoms with E-state index < -0.39 is 0 Å². The third-order valence-electron chi connectivity index (χ3n) is 4.56. The minimum atomic E-state index is 0.721. The van der Waals surface area contributed by atoms with Crippen LogP contribution < -0.4 is 10.1 Å². The Kier molecular flexibility index (Phi) is 3.28. The van der Waals surface area contributed by atoms with Crippen LogP contribution in [0.4, 0.5) is 5.69 Å². The molecule has 2 heterocycles. The smallest absolute Gasteiger partial charge is 0.208 e. The fraction of sp³-hybridized carbons (Fsp3) is 0.0455. The molecule has 0 saturated heterocycles. The Labute approximate surface area is 149 Å². The fourth-order valence-electron chi connectivity index (χ4n) is 3.33. The number of hydrogen-bond donors (Lipinski definition) is 1. The average Bonchev–Trinajstić information content (AvgIpc) is 3.06. The first-order valence-electron chi connectivity index (χ1n) is 8.44. The lowest BCUT2D eigenvalue weighted by Crippen LogP contribution is -2.04. The quantitative estimate of drug-likeness (QED) is 0.473. The molecule has 5 rings (SSSR count). The van der Waals surface area contributed by atoms with Gasteiger partial charge in [0.1, 0.15) is 11.3 Å². The highest BCUT2D eigenvalue weighted by molar-refractivity contribution is 6.07. The maximum absolute atomic E-state index is 6.14. The van der Waals surface area contributed by atoms with E-state index >= 15 is 0 Å². The highest BCUT2D eigenvalue weighted by atomic mass is 16.5. The number of aromatic amines is 1. The zero-order valence-corrected chi connectivity index (χ0v) is 14.2. The summed E-state index contributed by atoms with van der Waals surface area (Å²) in [4.78, 5) is 8.33. The van der Waals surface area contributed by atoms with Crippen LogP contribution in [0.3, 0.4) is 0 Å². The van der Waals surface area contributed by atoms with Gasteiger partial charge in [0, 0.05) is 16.3 Å².